The fourth-order valence-electron chi connectivity index (χ4n) is 1.47. The highest BCUT2D eigenvalue weighted by atomic mass is 32.2. The zero-order valence-electron chi connectivity index (χ0n) is 7.29. The van der Waals surface area contributed by atoms with E-state index < -0.39 is 0 Å². The third-order valence-corrected chi connectivity index (χ3v) is 3.26. The van der Waals surface area contributed by atoms with Gasteiger partial charge in [0.25, 0.3) is 0 Å². The molecule has 1 nitrogen and oxygen atoms in total. The second kappa shape index (κ2) is 4.11. The van der Waals surface area contributed by atoms with Gasteiger partial charge in [-0.15, -0.1) is 0 Å². The largest absolute Gasteiger partial charge is 0.308 e. The summed E-state index contributed by atoms with van der Waals surface area (Å²) in [5.74, 6) is 2.11. The van der Waals surface area contributed by atoms with Crippen molar-refractivity contribution in [2.45, 2.75) is 6.04 Å². The molecule has 1 aromatic rings. The van der Waals surface area contributed by atoms with Crippen LogP contribution in [-0.2, 0) is 0 Å². The van der Waals surface area contributed by atoms with E-state index in [2.05, 4.69) is 5.32 Å². The molecule has 2 rings (SSSR count). The molecule has 1 aliphatic heterocycles. The SMILES string of the molecule is Fc1ccc([C@@H]2CSCCN2)cc1. The molecule has 0 unspecified atom stereocenters. The van der Waals surface area contributed by atoms with Gasteiger partial charge in [-0.05, 0) is 17.7 Å². The minimum atomic E-state index is -0.160. The van der Waals surface area contributed by atoms with E-state index in [0.29, 0.717) is 6.04 Å². The fourth-order valence-corrected chi connectivity index (χ4v) is 2.45. The molecule has 0 bridgehead atoms. The van der Waals surface area contributed by atoms with E-state index in [4.69, 9.17) is 0 Å². The molecule has 1 fully saturated rings. The average Bonchev–Trinajstić information content (AvgIpc) is 2.20. The Balaban J connectivity index is 2.10. The number of rotatable bonds is 1. The van der Waals surface area contributed by atoms with E-state index in [9.17, 15) is 4.39 Å². The van der Waals surface area contributed by atoms with Gasteiger partial charge in [0.15, 0.2) is 0 Å². The molecule has 0 saturated carbocycles. The van der Waals surface area contributed by atoms with Gasteiger partial charge in [0, 0.05) is 24.1 Å². The normalized spacial score (nSPS) is 23.0. The van der Waals surface area contributed by atoms with Gasteiger partial charge in [-0.25, -0.2) is 4.39 Å². The Morgan fingerprint density at radius 2 is 2.08 bits per heavy atom. The van der Waals surface area contributed by atoms with Crippen molar-refractivity contribution in [3.8, 4) is 0 Å². The van der Waals surface area contributed by atoms with Crippen LogP contribution in [0.5, 0.6) is 0 Å². The molecule has 0 aliphatic carbocycles. The van der Waals surface area contributed by atoms with Gasteiger partial charge in [-0.1, -0.05) is 12.1 Å². The predicted molar refractivity (Wildman–Crippen MR) is 54.5 cm³/mol. The molecule has 3 heteroatoms. The van der Waals surface area contributed by atoms with Crippen LogP contribution in [0.15, 0.2) is 24.3 Å². The molecule has 1 aromatic carbocycles. The molecule has 1 heterocycles. The van der Waals surface area contributed by atoms with Gasteiger partial charge >= 0.3 is 0 Å². The lowest BCUT2D eigenvalue weighted by Crippen LogP contribution is -2.30. The molecule has 1 N–H and O–H groups in total. The van der Waals surface area contributed by atoms with Crippen molar-refractivity contribution in [2.24, 2.45) is 0 Å². The molecular weight excluding hydrogens is 185 g/mol. The van der Waals surface area contributed by atoms with E-state index in [1.54, 1.807) is 0 Å². The standard InChI is InChI=1S/C10H12FNS/c11-9-3-1-8(2-4-9)10-7-13-6-5-12-10/h1-4,10,12H,5-7H2/t10-/m0/s1. The molecule has 0 spiro atoms. The minimum absolute atomic E-state index is 0.160. The average molecular weight is 197 g/mol. The van der Waals surface area contributed by atoms with Crippen molar-refractivity contribution < 1.29 is 4.39 Å². The summed E-state index contributed by atoms with van der Waals surface area (Å²) in [7, 11) is 0. The van der Waals surface area contributed by atoms with Crippen LogP contribution >= 0.6 is 11.8 Å². The second-order valence-corrected chi connectivity index (χ2v) is 4.28. The van der Waals surface area contributed by atoms with Crippen molar-refractivity contribution in [3.63, 3.8) is 0 Å². The van der Waals surface area contributed by atoms with Crippen molar-refractivity contribution in [2.75, 3.05) is 18.1 Å². The third-order valence-electron chi connectivity index (χ3n) is 2.19. The first kappa shape index (κ1) is 9.03. The van der Waals surface area contributed by atoms with Gasteiger partial charge in [0.05, 0.1) is 0 Å². The van der Waals surface area contributed by atoms with Crippen molar-refractivity contribution in [1.29, 1.82) is 0 Å². The van der Waals surface area contributed by atoms with Crippen LogP contribution in [0.3, 0.4) is 0 Å². The van der Waals surface area contributed by atoms with Gasteiger partial charge in [0.2, 0.25) is 0 Å². The first-order chi connectivity index (χ1) is 6.36. The highest BCUT2D eigenvalue weighted by molar-refractivity contribution is 7.99. The maximum atomic E-state index is 12.6. The van der Waals surface area contributed by atoms with Gasteiger partial charge < -0.3 is 5.32 Å². The number of hydrogen-bond acceptors (Lipinski definition) is 2. The molecule has 1 atom stereocenters. The lowest BCUT2D eigenvalue weighted by atomic mass is 10.1. The van der Waals surface area contributed by atoms with Crippen LogP contribution in [0, 0.1) is 5.82 Å². The first-order valence-electron chi connectivity index (χ1n) is 4.43. The van der Waals surface area contributed by atoms with Gasteiger partial charge in [0.1, 0.15) is 5.82 Å². The third kappa shape index (κ3) is 2.23. The summed E-state index contributed by atoms with van der Waals surface area (Å²) in [4.78, 5) is 0. The van der Waals surface area contributed by atoms with Crippen LogP contribution in [-0.4, -0.2) is 18.1 Å². The number of thioether (sulfide) groups is 1. The topological polar surface area (TPSA) is 12.0 Å². The monoisotopic (exact) mass is 197 g/mol. The zero-order valence-corrected chi connectivity index (χ0v) is 8.11. The summed E-state index contributed by atoms with van der Waals surface area (Å²) in [5.41, 5.74) is 1.19. The smallest absolute Gasteiger partial charge is 0.123 e. The van der Waals surface area contributed by atoms with E-state index >= 15 is 0 Å². The summed E-state index contributed by atoms with van der Waals surface area (Å²) < 4.78 is 12.6. The molecule has 70 valence electrons. The lowest BCUT2D eigenvalue weighted by molar-refractivity contribution is 0.589. The van der Waals surface area contributed by atoms with Crippen LogP contribution in [0.4, 0.5) is 4.39 Å². The zero-order chi connectivity index (χ0) is 9.10. The molecule has 13 heavy (non-hydrogen) atoms. The molecular formula is C10H12FNS. The summed E-state index contributed by atoms with van der Waals surface area (Å²) in [6.45, 7) is 1.05. The Bertz CT molecular complexity index is 267. The number of nitrogens with one attached hydrogen (secondary N) is 1. The summed E-state index contributed by atoms with van der Waals surface area (Å²) in [6, 6.07) is 7.17. The molecule has 0 amide bonds. The Morgan fingerprint density at radius 3 is 2.69 bits per heavy atom. The molecule has 1 aliphatic rings. The quantitative estimate of drug-likeness (QED) is 0.740. The predicted octanol–water partition coefficient (Wildman–Crippen LogP) is 2.20. The number of hydrogen-bond donors (Lipinski definition) is 1. The fraction of sp³-hybridized carbons (Fsp3) is 0.400. The summed E-state index contributed by atoms with van der Waals surface area (Å²) in [6.07, 6.45) is 0. The van der Waals surface area contributed by atoms with Crippen LogP contribution in [0.25, 0.3) is 0 Å². The highest BCUT2D eigenvalue weighted by Crippen LogP contribution is 2.21. The maximum absolute atomic E-state index is 12.6. The Morgan fingerprint density at radius 1 is 1.31 bits per heavy atom. The number of benzene rings is 1. The van der Waals surface area contributed by atoms with Crippen LogP contribution in [0.2, 0.25) is 0 Å². The number of halogens is 1. The lowest BCUT2D eigenvalue weighted by Gasteiger charge is -2.23. The Hall–Kier alpha value is -0.540. The van der Waals surface area contributed by atoms with E-state index in [-0.39, 0.29) is 5.82 Å². The molecule has 0 radical (unpaired) electrons. The molecule has 0 aromatic heterocycles. The Kier molecular flexibility index (Phi) is 2.86. The maximum Gasteiger partial charge on any atom is 0.123 e. The van der Waals surface area contributed by atoms with Crippen molar-refractivity contribution >= 4 is 11.8 Å². The first-order valence-corrected chi connectivity index (χ1v) is 5.58. The van der Waals surface area contributed by atoms with Crippen molar-refractivity contribution in [1.82, 2.24) is 5.32 Å². The second-order valence-electron chi connectivity index (χ2n) is 3.13. The van der Waals surface area contributed by atoms with Crippen LogP contribution < -0.4 is 5.32 Å². The van der Waals surface area contributed by atoms with Gasteiger partial charge in [-0.3, -0.25) is 0 Å². The summed E-state index contributed by atoms with van der Waals surface area (Å²) in [5, 5.41) is 3.41. The van der Waals surface area contributed by atoms with Gasteiger partial charge in [-0.2, -0.15) is 11.8 Å². The summed E-state index contributed by atoms with van der Waals surface area (Å²) >= 11 is 1.95. The molecule has 1 saturated heterocycles. The highest BCUT2D eigenvalue weighted by Gasteiger charge is 2.14. The van der Waals surface area contributed by atoms with Crippen LogP contribution in [0.1, 0.15) is 11.6 Å². The Labute approximate surface area is 81.7 Å². The van der Waals surface area contributed by atoms with E-state index in [0.717, 1.165) is 12.3 Å². The van der Waals surface area contributed by atoms with E-state index in [1.807, 2.05) is 23.9 Å². The van der Waals surface area contributed by atoms with Crippen molar-refractivity contribution in [3.05, 3.63) is 35.6 Å². The minimum Gasteiger partial charge on any atom is -0.308 e. The van der Waals surface area contributed by atoms with E-state index in [1.165, 1.54) is 23.4 Å².